The average molecular weight is 414 g/mol. The number of aromatic nitrogens is 2. The monoisotopic (exact) mass is 413 g/mol. The van der Waals surface area contributed by atoms with E-state index in [1.54, 1.807) is 23.7 Å². The molecule has 1 aliphatic rings. The van der Waals surface area contributed by atoms with Crippen molar-refractivity contribution < 1.29 is 4.79 Å². The van der Waals surface area contributed by atoms with Crippen LogP contribution in [0.3, 0.4) is 0 Å². The largest absolute Gasteiger partial charge is 0.356 e. The molecule has 0 atom stereocenters. The molecule has 150 valence electrons. The van der Waals surface area contributed by atoms with Crippen LogP contribution in [0.15, 0.2) is 66.3 Å². The van der Waals surface area contributed by atoms with Crippen LogP contribution in [0.4, 0.5) is 11.4 Å². The van der Waals surface area contributed by atoms with E-state index >= 15 is 0 Å². The molecule has 0 amide bonds. The van der Waals surface area contributed by atoms with Crippen LogP contribution in [0.5, 0.6) is 0 Å². The molecule has 2 N–H and O–H groups in total. The number of fused-ring (bicyclic) bond motifs is 1. The predicted octanol–water partition coefficient (Wildman–Crippen LogP) is 6.70. The molecule has 0 bridgehead atoms. The molecule has 0 radical (unpaired) electrons. The minimum Gasteiger partial charge on any atom is -0.356 e. The molecule has 5 heteroatoms. The van der Waals surface area contributed by atoms with Gasteiger partial charge in [0.1, 0.15) is 0 Å². The Hall–Kier alpha value is -3.18. The van der Waals surface area contributed by atoms with Crippen molar-refractivity contribution >= 4 is 28.5 Å². The highest BCUT2D eigenvalue weighted by Crippen LogP contribution is 2.43. The van der Waals surface area contributed by atoms with Crippen molar-refractivity contribution in [2.24, 2.45) is 5.41 Å². The van der Waals surface area contributed by atoms with Crippen molar-refractivity contribution in [2.75, 3.05) is 5.32 Å². The molecular formula is C25H23N3OS. The molecule has 3 heterocycles. The Balaban J connectivity index is 1.62. The number of carbonyl (C=O) groups excluding carboxylic acids is 1. The molecule has 0 spiro atoms. The van der Waals surface area contributed by atoms with E-state index in [0.717, 1.165) is 45.9 Å². The normalized spacial score (nSPS) is 15.1. The van der Waals surface area contributed by atoms with Crippen LogP contribution in [0.1, 0.15) is 36.3 Å². The van der Waals surface area contributed by atoms with Gasteiger partial charge in [-0.25, -0.2) is 0 Å². The predicted molar refractivity (Wildman–Crippen MR) is 123 cm³/mol. The summed E-state index contributed by atoms with van der Waals surface area (Å²) in [7, 11) is 0. The van der Waals surface area contributed by atoms with E-state index in [2.05, 4.69) is 58.8 Å². The fraction of sp³-hybridized carbons (Fsp3) is 0.200. The van der Waals surface area contributed by atoms with Crippen molar-refractivity contribution in [2.45, 2.75) is 26.7 Å². The lowest BCUT2D eigenvalue weighted by Crippen LogP contribution is -2.26. The Morgan fingerprint density at radius 3 is 2.63 bits per heavy atom. The molecule has 0 fully saturated rings. The van der Waals surface area contributed by atoms with Gasteiger partial charge in [-0.15, -0.1) is 11.3 Å². The van der Waals surface area contributed by atoms with Crippen molar-refractivity contribution in [1.82, 2.24) is 9.97 Å². The molecule has 0 saturated carbocycles. The number of hydrogen-bond donors (Lipinski definition) is 2. The zero-order chi connectivity index (χ0) is 20.7. The summed E-state index contributed by atoms with van der Waals surface area (Å²) in [6.07, 6.45) is 4.96. The van der Waals surface area contributed by atoms with Crippen LogP contribution >= 0.6 is 11.3 Å². The quantitative estimate of drug-likeness (QED) is 0.391. The molecule has 0 saturated heterocycles. The lowest BCUT2D eigenvalue weighted by atomic mass is 9.76. The second kappa shape index (κ2) is 7.26. The number of H-pyrrole nitrogens is 1. The average Bonchev–Trinajstić information content (AvgIpc) is 3.37. The second-order valence-electron chi connectivity index (χ2n) is 8.59. The first kappa shape index (κ1) is 18.8. The number of pyridine rings is 1. The summed E-state index contributed by atoms with van der Waals surface area (Å²) in [5, 5.41) is 5.65. The molecule has 3 aromatic heterocycles. The van der Waals surface area contributed by atoms with Crippen LogP contribution in [0.2, 0.25) is 0 Å². The third kappa shape index (κ3) is 3.46. The maximum atomic E-state index is 13.1. The zero-order valence-electron chi connectivity index (χ0n) is 17.0. The molecule has 0 unspecified atom stereocenters. The molecular weight excluding hydrogens is 390 g/mol. The SMILES string of the molecule is CC1(C)CC(=O)c2c([nH]c(-c3ccncc3)c2Nc2cccc(-c3cccs3)c2)C1. The lowest BCUT2D eigenvalue weighted by Gasteiger charge is -2.28. The Kier molecular flexibility index (Phi) is 4.55. The third-order valence-electron chi connectivity index (χ3n) is 5.56. The molecule has 1 aromatic carbocycles. The minimum atomic E-state index is -0.0409. The van der Waals surface area contributed by atoms with Crippen LogP contribution in [-0.2, 0) is 6.42 Å². The fourth-order valence-corrected chi connectivity index (χ4v) is 4.98. The lowest BCUT2D eigenvalue weighted by molar-refractivity contribution is 0.0912. The number of benzene rings is 1. The van der Waals surface area contributed by atoms with Crippen LogP contribution < -0.4 is 5.32 Å². The Labute approximate surface area is 180 Å². The molecule has 30 heavy (non-hydrogen) atoms. The van der Waals surface area contributed by atoms with E-state index in [9.17, 15) is 4.79 Å². The number of hydrogen-bond acceptors (Lipinski definition) is 4. The number of nitrogens with one attached hydrogen (secondary N) is 2. The van der Waals surface area contributed by atoms with E-state index in [-0.39, 0.29) is 11.2 Å². The van der Waals surface area contributed by atoms with Crippen molar-refractivity contribution in [3.8, 4) is 21.7 Å². The van der Waals surface area contributed by atoms with Gasteiger partial charge in [0.05, 0.1) is 16.9 Å². The van der Waals surface area contributed by atoms with Gasteiger partial charge in [0.15, 0.2) is 5.78 Å². The zero-order valence-corrected chi connectivity index (χ0v) is 17.8. The summed E-state index contributed by atoms with van der Waals surface area (Å²) in [6, 6.07) is 16.5. The Bertz CT molecular complexity index is 1210. The van der Waals surface area contributed by atoms with Crippen molar-refractivity contribution in [1.29, 1.82) is 0 Å². The van der Waals surface area contributed by atoms with Gasteiger partial charge in [0.25, 0.3) is 0 Å². The molecule has 0 aliphatic heterocycles. The van der Waals surface area contributed by atoms with Crippen LogP contribution in [0.25, 0.3) is 21.7 Å². The first-order valence-corrected chi connectivity index (χ1v) is 11.0. The number of rotatable bonds is 4. The summed E-state index contributed by atoms with van der Waals surface area (Å²) in [6.45, 7) is 4.30. The summed E-state index contributed by atoms with van der Waals surface area (Å²) >= 11 is 1.72. The van der Waals surface area contributed by atoms with Gasteiger partial charge < -0.3 is 10.3 Å². The van der Waals surface area contributed by atoms with Gasteiger partial charge in [0, 0.05) is 40.6 Å². The summed E-state index contributed by atoms with van der Waals surface area (Å²) in [5.74, 6) is 0.190. The maximum Gasteiger partial charge on any atom is 0.167 e. The molecule has 4 nitrogen and oxygen atoms in total. The number of Topliss-reactive ketones (excluding diaryl/α,β-unsaturated/α-hetero) is 1. The maximum absolute atomic E-state index is 13.1. The van der Waals surface area contributed by atoms with E-state index in [4.69, 9.17) is 0 Å². The number of ketones is 1. The number of aromatic amines is 1. The third-order valence-corrected chi connectivity index (χ3v) is 6.48. The smallest absolute Gasteiger partial charge is 0.167 e. The van der Waals surface area contributed by atoms with Crippen LogP contribution in [0, 0.1) is 5.41 Å². The fourth-order valence-electron chi connectivity index (χ4n) is 4.25. The first-order chi connectivity index (χ1) is 14.5. The summed E-state index contributed by atoms with van der Waals surface area (Å²) < 4.78 is 0. The highest BCUT2D eigenvalue weighted by Gasteiger charge is 2.35. The first-order valence-electron chi connectivity index (χ1n) is 10.1. The second-order valence-corrected chi connectivity index (χ2v) is 9.54. The minimum absolute atomic E-state index is 0.0409. The number of thiophene rings is 1. The highest BCUT2D eigenvalue weighted by atomic mass is 32.1. The van der Waals surface area contributed by atoms with E-state index in [0.29, 0.717) is 6.42 Å². The summed E-state index contributed by atoms with van der Waals surface area (Å²) in [4.78, 5) is 22.1. The molecule has 1 aliphatic carbocycles. The van der Waals surface area contributed by atoms with Crippen molar-refractivity contribution in [3.05, 3.63) is 77.6 Å². The van der Waals surface area contributed by atoms with Gasteiger partial charge in [-0.3, -0.25) is 9.78 Å². The Morgan fingerprint density at radius 1 is 1.03 bits per heavy atom. The Morgan fingerprint density at radius 2 is 1.87 bits per heavy atom. The van der Waals surface area contributed by atoms with Gasteiger partial charge in [-0.2, -0.15) is 0 Å². The number of anilines is 2. The number of carbonyl (C=O) groups is 1. The van der Waals surface area contributed by atoms with E-state index in [1.165, 1.54) is 4.88 Å². The van der Waals surface area contributed by atoms with Gasteiger partial charge in [-0.1, -0.05) is 32.0 Å². The van der Waals surface area contributed by atoms with Crippen molar-refractivity contribution in [3.63, 3.8) is 0 Å². The van der Waals surface area contributed by atoms with Gasteiger partial charge >= 0.3 is 0 Å². The molecule has 4 aromatic rings. The topological polar surface area (TPSA) is 57.8 Å². The number of nitrogens with zero attached hydrogens (tertiary/aromatic N) is 1. The van der Waals surface area contributed by atoms with E-state index in [1.807, 2.05) is 24.3 Å². The van der Waals surface area contributed by atoms with E-state index < -0.39 is 0 Å². The van der Waals surface area contributed by atoms with Crippen LogP contribution in [-0.4, -0.2) is 15.8 Å². The van der Waals surface area contributed by atoms with Gasteiger partial charge in [-0.05, 0) is 53.1 Å². The standard InChI is InChI=1S/C25H23N3OS/c1-25(2)14-19-22(20(29)15-25)24(23(28-19)16-8-10-26-11-9-16)27-18-6-3-5-17(13-18)21-7-4-12-30-21/h3-13,27-28H,14-15H2,1-2H3. The summed E-state index contributed by atoms with van der Waals surface area (Å²) in [5.41, 5.74) is 6.72. The highest BCUT2D eigenvalue weighted by molar-refractivity contribution is 7.13. The van der Waals surface area contributed by atoms with Gasteiger partial charge in [0.2, 0.25) is 0 Å². The molecule has 5 rings (SSSR count).